The van der Waals surface area contributed by atoms with E-state index in [4.69, 9.17) is 0 Å². The summed E-state index contributed by atoms with van der Waals surface area (Å²) in [6.45, 7) is 6.49. The fraction of sp³-hybridized carbons (Fsp3) is 0.800. The highest BCUT2D eigenvalue weighted by Gasteiger charge is 2.22. The molecule has 0 radical (unpaired) electrons. The minimum absolute atomic E-state index is 0.0840. The molecular formula is C15H26N2O. The van der Waals surface area contributed by atoms with Crippen LogP contribution in [0.15, 0.2) is 12.7 Å². The summed E-state index contributed by atoms with van der Waals surface area (Å²) in [4.78, 5) is 13.4. The standard InChI is InChI=1S/C15H26N2O/c1-2-15(18)17-10-8-14(9-11-17)16-12-13-6-4-3-5-7-13/h2,13-14,16H,1,3-12H2. The van der Waals surface area contributed by atoms with Crippen molar-refractivity contribution in [1.29, 1.82) is 0 Å². The van der Waals surface area contributed by atoms with Gasteiger partial charge in [-0.3, -0.25) is 4.79 Å². The Kier molecular flexibility index (Phi) is 5.24. The first-order valence-electron chi connectivity index (χ1n) is 7.44. The molecule has 2 aliphatic rings. The molecule has 0 unspecified atom stereocenters. The van der Waals surface area contributed by atoms with Crippen LogP contribution in [0.5, 0.6) is 0 Å². The van der Waals surface area contributed by atoms with Crippen LogP contribution in [0.3, 0.4) is 0 Å². The number of rotatable bonds is 4. The summed E-state index contributed by atoms with van der Waals surface area (Å²) in [5, 5.41) is 3.70. The average Bonchev–Trinajstić information content (AvgIpc) is 2.46. The van der Waals surface area contributed by atoms with E-state index in [0.717, 1.165) is 31.8 Å². The summed E-state index contributed by atoms with van der Waals surface area (Å²) in [6, 6.07) is 0.612. The summed E-state index contributed by atoms with van der Waals surface area (Å²) in [6.07, 6.45) is 10.7. The monoisotopic (exact) mass is 250 g/mol. The Morgan fingerprint density at radius 3 is 2.44 bits per heavy atom. The van der Waals surface area contributed by atoms with E-state index in [1.165, 1.54) is 44.7 Å². The number of hydrogen-bond donors (Lipinski definition) is 1. The van der Waals surface area contributed by atoms with E-state index in [1.54, 1.807) is 0 Å². The summed E-state index contributed by atoms with van der Waals surface area (Å²) in [5.74, 6) is 0.979. The number of nitrogens with zero attached hydrogens (tertiary/aromatic N) is 1. The normalized spacial score (nSPS) is 23.0. The molecule has 1 heterocycles. The van der Waals surface area contributed by atoms with Gasteiger partial charge >= 0.3 is 0 Å². The highest BCUT2D eigenvalue weighted by molar-refractivity contribution is 5.87. The Hall–Kier alpha value is -0.830. The predicted molar refractivity (Wildman–Crippen MR) is 74.4 cm³/mol. The molecule has 102 valence electrons. The SMILES string of the molecule is C=CC(=O)N1CCC(NCC2CCCCC2)CC1. The van der Waals surface area contributed by atoms with Gasteiger partial charge in [-0.25, -0.2) is 0 Å². The van der Waals surface area contributed by atoms with Crippen LogP contribution in [-0.4, -0.2) is 36.5 Å². The third-order valence-corrected chi connectivity index (χ3v) is 4.40. The molecule has 0 aromatic carbocycles. The second-order valence-corrected chi connectivity index (χ2v) is 5.72. The van der Waals surface area contributed by atoms with Crippen molar-refractivity contribution in [1.82, 2.24) is 10.2 Å². The van der Waals surface area contributed by atoms with E-state index in [0.29, 0.717) is 6.04 Å². The van der Waals surface area contributed by atoms with Gasteiger partial charge in [-0.05, 0) is 44.2 Å². The molecule has 2 fully saturated rings. The fourth-order valence-electron chi connectivity index (χ4n) is 3.16. The zero-order valence-electron chi connectivity index (χ0n) is 11.4. The molecule has 1 aliphatic carbocycles. The number of carbonyl (C=O) groups excluding carboxylic acids is 1. The molecule has 18 heavy (non-hydrogen) atoms. The van der Waals surface area contributed by atoms with Crippen molar-refractivity contribution >= 4 is 5.91 Å². The third-order valence-electron chi connectivity index (χ3n) is 4.40. The maximum atomic E-state index is 11.5. The van der Waals surface area contributed by atoms with E-state index in [-0.39, 0.29) is 5.91 Å². The minimum Gasteiger partial charge on any atom is -0.339 e. The molecule has 0 aromatic rings. The fourth-order valence-corrected chi connectivity index (χ4v) is 3.16. The van der Waals surface area contributed by atoms with E-state index in [2.05, 4.69) is 11.9 Å². The van der Waals surface area contributed by atoms with Gasteiger partial charge in [0.1, 0.15) is 0 Å². The van der Waals surface area contributed by atoms with Gasteiger partial charge in [0.2, 0.25) is 5.91 Å². The quantitative estimate of drug-likeness (QED) is 0.777. The molecular weight excluding hydrogens is 224 g/mol. The molecule has 1 aliphatic heterocycles. The number of hydrogen-bond acceptors (Lipinski definition) is 2. The maximum absolute atomic E-state index is 11.5. The minimum atomic E-state index is 0.0840. The second-order valence-electron chi connectivity index (χ2n) is 5.72. The molecule has 0 bridgehead atoms. The van der Waals surface area contributed by atoms with Crippen molar-refractivity contribution in [2.45, 2.75) is 51.0 Å². The number of carbonyl (C=O) groups is 1. The van der Waals surface area contributed by atoms with Gasteiger partial charge in [-0.15, -0.1) is 0 Å². The van der Waals surface area contributed by atoms with Crippen molar-refractivity contribution in [2.75, 3.05) is 19.6 Å². The molecule has 1 saturated heterocycles. The largest absolute Gasteiger partial charge is 0.339 e. The number of nitrogens with one attached hydrogen (secondary N) is 1. The zero-order chi connectivity index (χ0) is 12.8. The third kappa shape index (κ3) is 3.84. The average molecular weight is 250 g/mol. The van der Waals surface area contributed by atoms with Gasteiger partial charge in [0.15, 0.2) is 0 Å². The lowest BCUT2D eigenvalue weighted by Gasteiger charge is -2.33. The van der Waals surface area contributed by atoms with Crippen molar-refractivity contribution in [3.63, 3.8) is 0 Å². The Morgan fingerprint density at radius 2 is 1.83 bits per heavy atom. The van der Waals surface area contributed by atoms with Crippen LogP contribution in [0.1, 0.15) is 44.9 Å². The highest BCUT2D eigenvalue weighted by atomic mass is 16.2. The van der Waals surface area contributed by atoms with Gasteiger partial charge in [-0.1, -0.05) is 25.8 Å². The second kappa shape index (κ2) is 6.93. The van der Waals surface area contributed by atoms with Crippen LogP contribution in [0, 0.1) is 5.92 Å². The molecule has 3 nitrogen and oxygen atoms in total. The molecule has 1 N–H and O–H groups in total. The lowest BCUT2D eigenvalue weighted by molar-refractivity contribution is -0.127. The van der Waals surface area contributed by atoms with Crippen molar-refractivity contribution < 1.29 is 4.79 Å². The Labute approximate surface area is 111 Å². The van der Waals surface area contributed by atoms with Crippen LogP contribution in [0.2, 0.25) is 0 Å². The predicted octanol–water partition coefficient (Wildman–Crippen LogP) is 2.33. The molecule has 0 atom stereocenters. The Bertz CT molecular complexity index is 276. The van der Waals surface area contributed by atoms with Gasteiger partial charge < -0.3 is 10.2 Å². The van der Waals surface area contributed by atoms with Gasteiger partial charge in [0.05, 0.1) is 0 Å². The first-order chi connectivity index (χ1) is 8.79. The molecule has 0 aromatic heterocycles. The maximum Gasteiger partial charge on any atom is 0.245 e. The number of likely N-dealkylation sites (tertiary alicyclic amines) is 1. The Balaban J connectivity index is 1.64. The molecule has 1 amide bonds. The van der Waals surface area contributed by atoms with Crippen LogP contribution in [0.4, 0.5) is 0 Å². The van der Waals surface area contributed by atoms with E-state index in [9.17, 15) is 4.79 Å². The first kappa shape index (κ1) is 13.6. The van der Waals surface area contributed by atoms with Gasteiger partial charge in [0, 0.05) is 19.1 Å². The number of piperidine rings is 1. The lowest BCUT2D eigenvalue weighted by Crippen LogP contribution is -2.45. The number of amides is 1. The molecule has 0 spiro atoms. The van der Waals surface area contributed by atoms with Crippen molar-refractivity contribution in [2.24, 2.45) is 5.92 Å². The topological polar surface area (TPSA) is 32.3 Å². The summed E-state index contributed by atoms with van der Waals surface area (Å²) in [7, 11) is 0. The van der Waals surface area contributed by atoms with Crippen LogP contribution in [0.25, 0.3) is 0 Å². The van der Waals surface area contributed by atoms with E-state index >= 15 is 0 Å². The first-order valence-corrected chi connectivity index (χ1v) is 7.44. The van der Waals surface area contributed by atoms with Gasteiger partial charge in [0.25, 0.3) is 0 Å². The molecule has 2 rings (SSSR count). The highest BCUT2D eigenvalue weighted by Crippen LogP contribution is 2.23. The molecule has 1 saturated carbocycles. The summed E-state index contributed by atoms with van der Waals surface area (Å²) >= 11 is 0. The molecule has 3 heteroatoms. The summed E-state index contributed by atoms with van der Waals surface area (Å²) in [5.41, 5.74) is 0. The van der Waals surface area contributed by atoms with E-state index < -0.39 is 0 Å². The lowest BCUT2D eigenvalue weighted by atomic mass is 9.89. The van der Waals surface area contributed by atoms with Crippen LogP contribution >= 0.6 is 0 Å². The van der Waals surface area contributed by atoms with Crippen molar-refractivity contribution in [3.05, 3.63) is 12.7 Å². The zero-order valence-corrected chi connectivity index (χ0v) is 11.4. The van der Waals surface area contributed by atoms with Crippen molar-refractivity contribution in [3.8, 4) is 0 Å². The van der Waals surface area contributed by atoms with Crippen LogP contribution in [-0.2, 0) is 4.79 Å². The summed E-state index contributed by atoms with van der Waals surface area (Å²) < 4.78 is 0. The van der Waals surface area contributed by atoms with Crippen LogP contribution < -0.4 is 5.32 Å². The van der Waals surface area contributed by atoms with E-state index in [1.807, 2.05) is 4.90 Å². The van der Waals surface area contributed by atoms with Gasteiger partial charge in [-0.2, -0.15) is 0 Å². The Morgan fingerprint density at radius 1 is 1.17 bits per heavy atom. The smallest absolute Gasteiger partial charge is 0.245 e.